The van der Waals surface area contributed by atoms with Gasteiger partial charge >= 0.3 is 0 Å². The van der Waals surface area contributed by atoms with Crippen LogP contribution in [0.3, 0.4) is 0 Å². The summed E-state index contributed by atoms with van der Waals surface area (Å²) in [6.45, 7) is 7.88. The van der Waals surface area contributed by atoms with Gasteiger partial charge in [0.2, 0.25) is 0 Å². The zero-order chi connectivity index (χ0) is 14.3. The van der Waals surface area contributed by atoms with Crippen LogP contribution in [0.15, 0.2) is 0 Å². The summed E-state index contributed by atoms with van der Waals surface area (Å²) in [7, 11) is 2.00. The van der Waals surface area contributed by atoms with Crippen molar-refractivity contribution in [3.05, 3.63) is 10.5 Å². The van der Waals surface area contributed by atoms with Crippen molar-refractivity contribution in [1.29, 1.82) is 0 Å². The maximum Gasteiger partial charge on any atom is 0.179 e. The molecule has 1 saturated heterocycles. The number of hydrogen-bond donors (Lipinski definition) is 1. The van der Waals surface area contributed by atoms with Crippen LogP contribution in [0.5, 0.6) is 0 Å². The molecule has 0 radical (unpaired) electrons. The van der Waals surface area contributed by atoms with Crippen LogP contribution in [0.1, 0.15) is 38.4 Å². The van der Waals surface area contributed by atoms with Crippen LogP contribution in [0.4, 0.5) is 0 Å². The van der Waals surface area contributed by atoms with Crippen LogP contribution in [-0.2, 0) is 13.5 Å². The predicted molar refractivity (Wildman–Crippen MR) is 83.7 cm³/mol. The van der Waals surface area contributed by atoms with E-state index in [2.05, 4.69) is 33.4 Å². The van der Waals surface area contributed by atoms with Crippen molar-refractivity contribution in [3.8, 4) is 0 Å². The van der Waals surface area contributed by atoms with Gasteiger partial charge in [0.15, 0.2) is 10.4 Å². The van der Waals surface area contributed by atoms with Gasteiger partial charge in [-0.05, 0) is 51.5 Å². The van der Waals surface area contributed by atoms with Gasteiger partial charge in [-0.3, -0.25) is 9.25 Å². The molecule has 1 fully saturated rings. The Morgan fingerprint density at radius 3 is 2.70 bits per heavy atom. The lowest BCUT2D eigenvalue weighted by atomic mass is 10.3. The molecule has 1 N–H and O–H groups in total. The summed E-state index contributed by atoms with van der Waals surface area (Å²) in [5, 5.41) is 4.59. The Labute approximate surface area is 124 Å². The van der Waals surface area contributed by atoms with Gasteiger partial charge in [0.05, 0.1) is 5.69 Å². The molecular weight excluding hydrogens is 270 g/mol. The second kappa shape index (κ2) is 5.33. The number of hydrogen-bond acceptors (Lipinski definition) is 3. The van der Waals surface area contributed by atoms with Gasteiger partial charge in [0.25, 0.3) is 0 Å². The molecule has 1 aliphatic heterocycles. The number of aromatic amines is 1. The third-order valence-electron chi connectivity index (χ3n) is 4.27. The SMILES string of the molecule is CCc1nn(C)c2c1[nH]c(=S)n2C(C)CN1CCCC1. The first kappa shape index (κ1) is 13.8. The molecule has 0 bridgehead atoms. The highest BCUT2D eigenvalue weighted by Gasteiger charge is 2.21. The van der Waals surface area contributed by atoms with E-state index >= 15 is 0 Å². The molecule has 3 heterocycles. The summed E-state index contributed by atoms with van der Waals surface area (Å²) in [6.07, 6.45) is 3.58. The van der Waals surface area contributed by atoms with Gasteiger partial charge in [-0.1, -0.05) is 6.92 Å². The number of rotatable bonds is 4. The Bertz CT molecular complexity index is 659. The number of nitrogens with zero attached hydrogens (tertiary/aromatic N) is 4. The molecule has 0 aromatic carbocycles. The minimum Gasteiger partial charge on any atom is -0.328 e. The quantitative estimate of drug-likeness (QED) is 0.881. The average molecular weight is 293 g/mol. The summed E-state index contributed by atoms with van der Waals surface area (Å²) in [4.78, 5) is 5.88. The van der Waals surface area contributed by atoms with Crippen LogP contribution < -0.4 is 0 Å². The van der Waals surface area contributed by atoms with E-state index in [-0.39, 0.29) is 0 Å². The number of fused-ring (bicyclic) bond motifs is 1. The maximum absolute atomic E-state index is 5.54. The maximum atomic E-state index is 5.54. The molecular formula is C14H23N5S. The molecule has 5 nitrogen and oxygen atoms in total. The van der Waals surface area contributed by atoms with Crippen molar-refractivity contribution >= 4 is 23.4 Å². The van der Waals surface area contributed by atoms with Gasteiger partial charge in [0.1, 0.15) is 5.52 Å². The second-order valence-electron chi connectivity index (χ2n) is 5.78. The Morgan fingerprint density at radius 2 is 2.05 bits per heavy atom. The van der Waals surface area contributed by atoms with Gasteiger partial charge in [-0.25, -0.2) is 0 Å². The Morgan fingerprint density at radius 1 is 1.35 bits per heavy atom. The largest absolute Gasteiger partial charge is 0.328 e. The standard InChI is InChI=1S/C14H23N5S/c1-4-11-12-13(17(3)16-11)19(14(20)15-12)10(2)9-18-7-5-6-8-18/h10H,4-9H2,1-3H3,(H,15,20). The number of likely N-dealkylation sites (tertiary alicyclic amines) is 1. The first-order valence-electron chi connectivity index (χ1n) is 7.50. The molecule has 1 aliphatic rings. The smallest absolute Gasteiger partial charge is 0.179 e. The average Bonchev–Trinajstić information content (AvgIpc) is 3.08. The van der Waals surface area contributed by atoms with Crippen molar-refractivity contribution in [1.82, 2.24) is 24.2 Å². The van der Waals surface area contributed by atoms with Crippen molar-refractivity contribution in [2.75, 3.05) is 19.6 Å². The fraction of sp³-hybridized carbons (Fsp3) is 0.714. The van der Waals surface area contributed by atoms with E-state index < -0.39 is 0 Å². The second-order valence-corrected chi connectivity index (χ2v) is 6.17. The van der Waals surface area contributed by atoms with Crippen LogP contribution in [0.2, 0.25) is 0 Å². The summed E-state index contributed by atoms with van der Waals surface area (Å²) < 4.78 is 5.00. The number of imidazole rings is 1. The minimum absolute atomic E-state index is 0.370. The normalized spacial score (nSPS) is 18.1. The lowest BCUT2D eigenvalue weighted by molar-refractivity contribution is 0.288. The molecule has 2 aromatic rings. The molecule has 1 atom stereocenters. The number of aryl methyl sites for hydroxylation is 2. The minimum atomic E-state index is 0.370. The van der Waals surface area contributed by atoms with Crippen LogP contribution >= 0.6 is 12.2 Å². The third-order valence-corrected chi connectivity index (χ3v) is 4.56. The Balaban J connectivity index is 1.99. The van der Waals surface area contributed by atoms with Gasteiger partial charge in [-0.15, -0.1) is 0 Å². The van der Waals surface area contributed by atoms with Gasteiger partial charge in [0, 0.05) is 19.6 Å². The molecule has 2 aromatic heterocycles. The van der Waals surface area contributed by atoms with Crippen molar-refractivity contribution < 1.29 is 0 Å². The van der Waals surface area contributed by atoms with Gasteiger partial charge < -0.3 is 9.88 Å². The van der Waals surface area contributed by atoms with Crippen molar-refractivity contribution in [2.24, 2.45) is 7.05 Å². The molecule has 3 rings (SSSR count). The van der Waals surface area contributed by atoms with E-state index in [0.717, 1.165) is 34.6 Å². The summed E-state index contributed by atoms with van der Waals surface area (Å²) in [5.41, 5.74) is 3.33. The van der Waals surface area contributed by atoms with Crippen molar-refractivity contribution in [2.45, 2.75) is 39.2 Å². The molecule has 0 amide bonds. The molecule has 0 spiro atoms. The van der Waals surface area contributed by atoms with Crippen molar-refractivity contribution in [3.63, 3.8) is 0 Å². The first-order chi connectivity index (χ1) is 9.61. The van der Waals surface area contributed by atoms with E-state index in [1.807, 2.05) is 11.7 Å². The lowest BCUT2D eigenvalue weighted by Crippen LogP contribution is -2.27. The highest BCUT2D eigenvalue weighted by atomic mass is 32.1. The predicted octanol–water partition coefficient (Wildman–Crippen LogP) is 2.65. The fourth-order valence-corrected chi connectivity index (χ4v) is 3.68. The zero-order valence-electron chi connectivity index (χ0n) is 12.5. The molecule has 110 valence electrons. The van der Waals surface area contributed by atoms with Crippen LogP contribution in [-0.4, -0.2) is 43.9 Å². The molecule has 0 saturated carbocycles. The lowest BCUT2D eigenvalue weighted by Gasteiger charge is -2.21. The van der Waals surface area contributed by atoms with E-state index in [9.17, 15) is 0 Å². The van der Waals surface area contributed by atoms with E-state index in [0.29, 0.717) is 6.04 Å². The number of nitrogens with one attached hydrogen (secondary N) is 1. The fourth-order valence-electron chi connectivity index (χ4n) is 3.31. The van der Waals surface area contributed by atoms with E-state index in [4.69, 9.17) is 12.2 Å². The first-order valence-corrected chi connectivity index (χ1v) is 7.91. The number of aromatic nitrogens is 4. The summed E-state index contributed by atoms with van der Waals surface area (Å²) in [6, 6.07) is 0.370. The molecule has 20 heavy (non-hydrogen) atoms. The van der Waals surface area contributed by atoms with Crippen LogP contribution in [0.25, 0.3) is 11.2 Å². The molecule has 0 aliphatic carbocycles. The highest BCUT2D eigenvalue weighted by Crippen LogP contribution is 2.23. The topological polar surface area (TPSA) is 41.8 Å². The summed E-state index contributed by atoms with van der Waals surface area (Å²) >= 11 is 5.54. The van der Waals surface area contributed by atoms with Gasteiger partial charge in [-0.2, -0.15) is 5.10 Å². The van der Waals surface area contributed by atoms with E-state index in [1.165, 1.54) is 25.9 Å². The van der Waals surface area contributed by atoms with Crippen LogP contribution in [0, 0.1) is 4.77 Å². The highest BCUT2D eigenvalue weighted by molar-refractivity contribution is 7.71. The molecule has 1 unspecified atom stereocenters. The Kier molecular flexibility index (Phi) is 3.69. The Hall–Kier alpha value is -1.14. The summed E-state index contributed by atoms with van der Waals surface area (Å²) in [5.74, 6) is 0. The molecule has 6 heteroatoms. The monoisotopic (exact) mass is 293 g/mol. The van der Waals surface area contributed by atoms with E-state index in [1.54, 1.807) is 0 Å². The third kappa shape index (κ3) is 2.20. The number of H-pyrrole nitrogens is 1. The zero-order valence-corrected chi connectivity index (χ0v) is 13.3.